The van der Waals surface area contributed by atoms with Gasteiger partial charge in [0.05, 0.1) is 5.56 Å². The van der Waals surface area contributed by atoms with Gasteiger partial charge in [-0.05, 0) is 17.7 Å². The summed E-state index contributed by atoms with van der Waals surface area (Å²) in [4.78, 5) is 9.49. The number of hydrogen-bond donors (Lipinski definition) is 0. The van der Waals surface area contributed by atoms with E-state index in [1.807, 2.05) is 6.07 Å². The number of nitriles is 1. The average Bonchev–Trinajstić information content (AvgIpc) is 2.46. The summed E-state index contributed by atoms with van der Waals surface area (Å²) < 4.78 is 38.0. The third-order valence-electron chi connectivity index (χ3n) is 2.82. The summed E-state index contributed by atoms with van der Waals surface area (Å²) in [6, 6.07) is 6.95. The molecule has 0 atom stereocenters. The molecule has 1 aromatic heterocycles. The smallest absolute Gasteiger partial charge is 0.353 e. The first-order valence-corrected chi connectivity index (χ1v) is 6.00. The fourth-order valence-corrected chi connectivity index (χ4v) is 1.88. The van der Waals surface area contributed by atoms with E-state index in [4.69, 9.17) is 5.26 Å². The van der Waals surface area contributed by atoms with Gasteiger partial charge in [-0.3, -0.25) is 0 Å². The molecule has 0 fully saturated rings. The molecule has 7 heteroatoms. The van der Waals surface area contributed by atoms with E-state index in [9.17, 15) is 13.2 Å². The van der Waals surface area contributed by atoms with Crippen molar-refractivity contribution in [3.8, 4) is 6.07 Å². The minimum Gasteiger partial charge on any atom is -0.353 e. The second-order valence-electron chi connectivity index (χ2n) is 4.39. The number of nitrogens with zero attached hydrogens (tertiary/aromatic N) is 4. The van der Waals surface area contributed by atoms with Gasteiger partial charge in [0.25, 0.3) is 0 Å². The van der Waals surface area contributed by atoms with E-state index in [0.29, 0.717) is 11.4 Å². The number of halogens is 3. The second-order valence-corrected chi connectivity index (χ2v) is 4.39. The van der Waals surface area contributed by atoms with Crippen LogP contribution < -0.4 is 4.90 Å². The van der Waals surface area contributed by atoms with Crippen molar-refractivity contribution in [1.82, 2.24) is 9.97 Å². The maximum absolute atomic E-state index is 12.7. The van der Waals surface area contributed by atoms with Crippen molar-refractivity contribution >= 4 is 5.82 Å². The SMILES string of the molecule is CN(Cc1cccc(C(F)(F)F)c1)c1nccnc1C#N. The molecule has 0 spiro atoms. The molecule has 0 amide bonds. The Hall–Kier alpha value is -2.62. The second kappa shape index (κ2) is 5.79. The third-order valence-corrected chi connectivity index (χ3v) is 2.82. The van der Waals surface area contributed by atoms with Crippen molar-refractivity contribution in [2.24, 2.45) is 0 Å². The number of aromatic nitrogens is 2. The van der Waals surface area contributed by atoms with Gasteiger partial charge in [0, 0.05) is 26.0 Å². The van der Waals surface area contributed by atoms with Gasteiger partial charge in [-0.1, -0.05) is 12.1 Å². The predicted molar refractivity (Wildman–Crippen MR) is 70.3 cm³/mol. The van der Waals surface area contributed by atoms with Crippen molar-refractivity contribution < 1.29 is 13.2 Å². The maximum atomic E-state index is 12.7. The summed E-state index contributed by atoms with van der Waals surface area (Å²) in [5.41, 5.74) is -0.0955. The van der Waals surface area contributed by atoms with Crippen LogP contribution in [-0.4, -0.2) is 17.0 Å². The van der Waals surface area contributed by atoms with Gasteiger partial charge < -0.3 is 4.90 Å². The molecule has 0 aliphatic rings. The molecule has 0 N–H and O–H groups in total. The largest absolute Gasteiger partial charge is 0.416 e. The van der Waals surface area contributed by atoms with Crippen molar-refractivity contribution in [1.29, 1.82) is 5.26 Å². The van der Waals surface area contributed by atoms with Crippen LogP contribution in [0.1, 0.15) is 16.8 Å². The zero-order valence-electron chi connectivity index (χ0n) is 11.1. The van der Waals surface area contributed by atoms with Crippen LogP contribution in [0.25, 0.3) is 0 Å². The Balaban J connectivity index is 2.24. The van der Waals surface area contributed by atoms with Crippen LogP contribution in [0.2, 0.25) is 0 Å². The molecule has 1 aromatic carbocycles. The fourth-order valence-electron chi connectivity index (χ4n) is 1.88. The maximum Gasteiger partial charge on any atom is 0.416 e. The third kappa shape index (κ3) is 3.48. The molecule has 4 nitrogen and oxygen atoms in total. The Morgan fingerprint density at radius 3 is 2.62 bits per heavy atom. The highest BCUT2D eigenvalue weighted by Crippen LogP contribution is 2.30. The summed E-state index contributed by atoms with van der Waals surface area (Å²) in [6.07, 6.45) is -1.56. The Morgan fingerprint density at radius 1 is 1.24 bits per heavy atom. The molecule has 0 radical (unpaired) electrons. The number of rotatable bonds is 3. The normalized spacial score (nSPS) is 11.0. The van der Waals surface area contributed by atoms with Crippen LogP contribution in [-0.2, 0) is 12.7 Å². The van der Waals surface area contributed by atoms with Gasteiger partial charge in [-0.25, -0.2) is 9.97 Å². The molecule has 0 aliphatic carbocycles. The highest BCUT2D eigenvalue weighted by atomic mass is 19.4. The minimum atomic E-state index is -4.38. The van der Waals surface area contributed by atoms with Crippen molar-refractivity contribution in [2.75, 3.05) is 11.9 Å². The zero-order valence-corrected chi connectivity index (χ0v) is 11.1. The van der Waals surface area contributed by atoms with Crippen LogP contribution in [0.15, 0.2) is 36.7 Å². The Bertz CT molecular complexity index is 676. The van der Waals surface area contributed by atoms with E-state index in [1.165, 1.54) is 18.5 Å². The molecular formula is C14H11F3N4. The lowest BCUT2D eigenvalue weighted by Gasteiger charge is -2.19. The molecule has 21 heavy (non-hydrogen) atoms. The Morgan fingerprint density at radius 2 is 1.95 bits per heavy atom. The number of hydrogen-bond acceptors (Lipinski definition) is 4. The van der Waals surface area contributed by atoms with Crippen molar-refractivity contribution in [3.05, 3.63) is 53.5 Å². The lowest BCUT2D eigenvalue weighted by molar-refractivity contribution is -0.137. The summed E-state index contributed by atoms with van der Waals surface area (Å²) in [7, 11) is 1.64. The predicted octanol–water partition coefficient (Wildman–Crippen LogP) is 3.00. The van der Waals surface area contributed by atoms with E-state index < -0.39 is 11.7 Å². The van der Waals surface area contributed by atoms with Gasteiger partial charge in [-0.15, -0.1) is 0 Å². The molecule has 2 rings (SSSR count). The average molecular weight is 292 g/mol. The van der Waals surface area contributed by atoms with Gasteiger partial charge in [-0.2, -0.15) is 18.4 Å². The fraction of sp³-hybridized carbons (Fsp3) is 0.214. The lowest BCUT2D eigenvalue weighted by Crippen LogP contribution is -2.19. The summed E-state index contributed by atoms with van der Waals surface area (Å²) in [5.74, 6) is 0.331. The first kappa shape index (κ1) is 14.8. The van der Waals surface area contributed by atoms with E-state index in [2.05, 4.69) is 9.97 Å². The Labute approximate surface area is 119 Å². The molecule has 1 heterocycles. The quantitative estimate of drug-likeness (QED) is 0.872. The molecule has 0 saturated heterocycles. The van der Waals surface area contributed by atoms with Gasteiger partial charge in [0.2, 0.25) is 0 Å². The first-order valence-electron chi connectivity index (χ1n) is 6.00. The molecule has 0 aliphatic heterocycles. The summed E-state index contributed by atoms with van der Waals surface area (Å²) in [6.45, 7) is 0.192. The van der Waals surface area contributed by atoms with Crippen LogP contribution in [0.4, 0.5) is 19.0 Å². The van der Waals surface area contributed by atoms with Crippen LogP contribution in [0.5, 0.6) is 0 Å². The van der Waals surface area contributed by atoms with Crippen LogP contribution in [0, 0.1) is 11.3 Å². The topological polar surface area (TPSA) is 52.8 Å². The monoisotopic (exact) mass is 292 g/mol. The standard InChI is InChI=1S/C14H11F3N4/c1-21(13-12(8-18)19-5-6-20-13)9-10-3-2-4-11(7-10)14(15,16)17/h2-7H,9H2,1H3. The Kier molecular flexibility index (Phi) is 4.08. The van der Waals surface area contributed by atoms with Gasteiger partial charge in [0.15, 0.2) is 11.5 Å². The number of anilines is 1. The molecule has 0 bridgehead atoms. The molecule has 2 aromatic rings. The number of alkyl halides is 3. The van der Waals surface area contributed by atoms with Crippen molar-refractivity contribution in [3.63, 3.8) is 0 Å². The number of benzene rings is 1. The first-order chi connectivity index (χ1) is 9.91. The molecule has 108 valence electrons. The van der Waals surface area contributed by atoms with Crippen LogP contribution >= 0.6 is 0 Å². The lowest BCUT2D eigenvalue weighted by atomic mass is 10.1. The molecule has 0 unspecified atom stereocenters. The van der Waals surface area contributed by atoms with E-state index in [-0.39, 0.29) is 12.2 Å². The van der Waals surface area contributed by atoms with E-state index in [0.717, 1.165) is 12.1 Å². The van der Waals surface area contributed by atoms with E-state index in [1.54, 1.807) is 18.0 Å². The highest BCUT2D eigenvalue weighted by Gasteiger charge is 2.30. The highest BCUT2D eigenvalue weighted by molar-refractivity contribution is 5.49. The summed E-state index contributed by atoms with van der Waals surface area (Å²) >= 11 is 0. The summed E-state index contributed by atoms with van der Waals surface area (Å²) in [5, 5.41) is 8.96. The van der Waals surface area contributed by atoms with Gasteiger partial charge >= 0.3 is 6.18 Å². The van der Waals surface area contributed by atoms with Gasteiger partial charge in [0.1, 0.15) is 6.07 Å². The zero-order chi connectivity index (χ0) is 15.5. The van der Waals surface area contributed by atoms with Crippen molar-refractivity contribution in [2.45, 2.75) is 12.7 Å². The van der Waals surface area contributed by atoms with E-state index >= 15 is 0 Å². The minimum absolute atomic E-state index is 0.131. The molecular weight excluding hydrogens is 281 g/mol. The molecule has 0 saturated carbocycles. The van der Waals surface area contributed by atoms with Crippen LogP contribution in [0.3, 0.4) is 0 Å².